The molecule has 2 N–H and O–H groups in total. The number of nitrogens with one attached hydrogen (secondary N) is 1. The fourth-order valence-corrected chi connectivity index (χ4v) is 1.25. The van der Waals surface area contributed by atoms with Crippen LogP contribution in [-0.2, 0) is 11.4 Å². The molecule has 4 nitrogen and oxygen atoms in total. The quantitative estimate of drug-likeness (QED) is 0.715. The van der Waals surface area contributed by atoms with Crippen LogP contribution < -0.4 is 10.2 Å². The molecule has 0 amide bonds. The van der Waals surface area contributed by atoms with Gasteiger partial charge >= 0.3 is 0 Å². The zero-order valence-corrected chi connectivity index (χ0v) is 8.63. The average Bonchev–Trinajstić information content (AvgIpc) is 2.20. The Bertz CT molecular complexity index is 312. The molecule has 0 unspecified atom stereocenters. The number of phenolic OH excluding ortho intramolecular Hbond substituents is 1. The minimum atomic E-state index is 0.244. The van der Waals surface area contributed by atoms with Gasteiger partial charge in [0.1, 0.15) is 11.5 Å². The van der Waals surface area contributed by atoms with Crippen molar-refractivity contribution in [3.8, 4) is 11.5 Å². The van der Waals surface area contributed by atoms with Crippen LogP contribution in [0.25, 0.3) is 0 Å². The predicted molar refractivity (Wildman–Crippen MR) is 53.2 cm³/mol. The highest BCUT2D eigenvalue weighted by atomic mass is 16.6. The van der Waals surface area contributed by atoms with Crippen LogP contribution in [-0.4, -0.2) is 19.3 Å². The molecule has 0 radical (unpaired) electrons. The van der Waals surface area contributed by atoms with Gasteiger partial charge in [-0.1, -0.05) is 6.07 Å². The third kappa shape index (κ3) is 2.16. The van der Waals surface area contributed by atoms with E-state index in [4.69, 9.17) is 9.57 Å². The van der Waals surface area contributed by atoms with Crippen LogP contribution in [0.4, 0.5) is 0 Å². The third-order valence-electron chi connectivity index (χ3n) is 2.09. The fourth-order valence-electron chi connectivity index (χ4n) is 1.25. The van der Waals surface area contributed by atoms with Crippen molar-refractivity contribution in [3.63, 3.8) is 0 Å². The summed E-state index contributed by atoms with van der Waals surface area (Å²) in [5, 5.41) is 9.76. The zero-order chi connectivity index (χ0) is 10.6. The lowest BCUT2D eigenvalue weighted by atomic mass is 10.1. The maximum atomic E-state index is 9.76. The molecule has 1 rings (SSSR count). The molecular weight excluding hydrogens is 182 g/mol. The van der Waals surface area contributed by atoms with Gasteiger partial charge in [-0.2, -0.15) is 5.48 Å². The van der Waals surface area contributed by atoms with Crippen molar-refractivity contribution >= 4 is 0 Å². The van der Waals surface area contributed by atoms with Gasteiger partial charge in [0.2, 0.25) is 0 Å². The van der Waals surface area contributed by atoms with Crippen LogP contribution in [0.5, 0.6) is 11.5 Å². The van der Waals surface area contributed by atoms with Crippen molar-refractivity contribution in [2.45, 2.75) is 13.5 Å². The number of ether oxygens (including phenoxy) is 1. The van der Waals surface area contributed by atoms with Gasteiger partial charge < -0.3 is 14.7 Å². The molecule has 0 aliphatic heterocycles. The molecule has 0 fully saturated rings. The Labute approximate surface area is 83.4 Å². The van der Waals surface area contributed by atoms with E-state index in [-0.39, 0.29) is 5.75 Å². The zero-order valence-electron chi connectivity index (χ0n) is 8.63. The topological polar surface area (TPSA) is 50.7 Å². The molecule has 0 aliphatic carbocycles. The van der Waals surface area contributed by atoms with Crippen LogP contribution in [0, 0.1) is 6.92 Å². The molecule has 0 heterocycles. The van der Waals surface area contributed by atoms with E-state index >= 15 is 0 Å². The SMILES string of the molecule is CONCc1ccc(OC)c(C)c1O. The van der Waals surface area contributed by atoms with Crippen molar-refractivity contribution < 1.29 is 14.7 Å². The highest BCUT2D eigenvalue weighted by molar-refractivity contribution is 5.48. The molecule has 0 aliphatic rings. The van der Waals surface area contributed by atoms with Crippen molar-refractivity contribution in [1.29, 1.82) is 0 Å². The number of hydrogen-bond acceptors (Lipinski definition) is 4. The van der Waals surface area contributed by atoms with E-state index in [0.717, 1.165) is 11.1 Å². The van der Waals surface area contributed by atoms with Gasteiger partial charge in [-0.25, -0.2) is 0 Å². The largest absolute Gasteiger partial charge is 0.507 e. The molecule has 1 aromatic carbocycles. The molecule has 4 heteroatoms. The second kappa shape index (κ2) is 4.83. The minimum absolute atomic E-state index is 0.244. The van der Waals surface area contributed by atoms with Crippen LogP contribution in [0.15, 0.2) is 12.1 Å². The van der Waals surface area contributed by atoms with Gasteiger partial charge in [0, 0.05) is 17.7 Å². The second-order valence-corrected chi connectivity index (χ2v) is 2.93. The third-order valence-corrected chi connectivity index (χ3v) is 2.09. The number of methoxy groups -OCH3 is 1. The highest BCUT2D eigenvalue weighted by Gasteiger charge is 2.08. The number of hydrogen-bond donors (Lipinski definition) is 2. The highest BCUT2D eigenvalue weighted by Crippen LogP contribution is 2.29. The Kier molecular flexibility index (Phi) is 3.73. The summed E-state index contributed by atoms with van der Waals surface area (Å²) in [7, 11) is 3.11. The molecule has 0 saturated carbocycles. The summed E-state index contributed by atoms with van der Waals surface area (Å²) in [6.07, 6.45) is 0. The summed E-state index contributed by atoms with van der Waals surface area (Å²) in [4.78, 5) is 4.70. The lowest BCUT2D eigenvalue weighted by molar-refractivity contribution is 0.0861. The monoisotopic (exact) mass is 197 g/mol. The van der Waals surface area contributed by atoms with Crippen LogP contribution >= 0.6 is 0 Å². The van der Waals surface area contributed by atoms with Gasteiger partial charge in [0.25, 0.3) is 0 Å². The number of benzene rings is 1. The summed E-state index contributed by atoms with van der Waals surface area (Å²) in [5.41, 5.74) is 4.19. The van der Waals surface area contributed by atoms with Crippen LogP contribution in [0.3, 0.4) is 0 Å². The second-order valence-electron chi connectivity index (χ2n) is 2.93. The Morgan fingerprint density at radius 3 is 2.64 bits per heavy atom. The summed E-state index contributed by atoms with van der Waals surface area (Å²) in [6.45, 7) is 2.28. The van der Waals surface area contributed by atoms with Crippen molar-refractivity contribution in [2.24, 2.45) is 0 Å². The van der Waals surface area contributed by atoms with E-state index in [2.05, 4.69) is 5.48 Å². The summed E-state index contributed by atoms with van der Waals surface area (Å²) >= 11 is 0. The van der Waals surface area contributed by atoms with E-state index in [1.54, 1.807) is 13.2 Å². The van der Waals surface area contributed by atoms with Crippen molar-refractivity contribution in [3.05, 3.63) is 23.3 Å². The molecule has 0 atom stereocenters. The number of phenols is 1. The van der Waals surface area contributed by atoms with Gasteiger partial charge in [-0.3, -0.25) is 0 Å². The van der Waals surface area contributed by atoms with Crippen molar-refractivity contribution in [2.75, 3.05) is 14.2 Å². The maximum Gasteiger partial charge on any atom is 0.126 e. The van der Waals surface area contributed by atoms with E-state index in [9.17, 15) is 5.11 Å². The smallest absolute Gasteiger partial charge is 0.126 e. The Morgan fingerprint density at radius 2 is 2.07 bits per heavy atom. The first-order valence-electron chi connectivity index (χ1n) is 4.32. The van der Waals surface area contributed by atoms with Gasteiger partial charge in [0.05, 0.1) is 14.2 Å². The number of hydroxylamine groups is 1. The van der Waals surface area contributed by atoms with Crippen LogP contribution in [0.1, 0.15) is 11.1 Å². The lowest BCUT2D eigenvalue weighted by Gasteiger charge is -2.10. The molecule has 14 heavy (non-hydrogen) atoms. The number of aromatic hydroxyl groups is 1. The predicted octanol–water partition coefficient (Wildman–Crippen LogP) is 1.36. The average molecular weight is 197 g/mol. The van der Waals surface area contributed by atoms with E-state index in [1.165, 1.54) is 7.11 Å². The molecule has 0 saturated heterocycles. The molecule has 0 aromatic heterocycles. The molecule has 0 spiro atoms. The molecule has 78 valence electrons. The van der Waals surface area contributed by atoms with Gasteiger partial charge in [-0.05, 0) is 13.0 Å². The lowest BCUT2D eigenvalue weighted by Crippen LogP contribution is -2.11. The Morgan fingerprint density at radius 1 is 1.36 bits per heavy atom. The Hall–Kier alpha value is -1.26. The first-order valence-corrected chi connectivity index (χ1v) is 4.32. The first kappa shape index (κ1) is 10.8. The van der Waals surface area contributed by atoms with Gasteiger partial charge in [0.15, 0.2) is 0 Å². The van der Waals surface area contributed by atoms with Crippen molar-refractivity contribution in [1.82, 2.24) is 5.48 Å². The summed E-state index contributed by atoms with van der Waals surface area (Å²) in [5.74, 6) is 0.928. The maximum absolute atomic E-state index is 9.76. The standard InChI is InChI=1S/C10H15NO3/c1-7-9(13-2)5-4-8(10(7)12)6-11-14-3/h4-5,11-12H,6H2,1-3H3. The molecule has 0 bridgehead atoms. The molecular formula is C10H15NO3. The van der Waals surface area contributed by atoms with E-state index < -0.39 is 0 Å². The van der Waals surface area contributed by atoms with E-state index in [1.807, 2.05) is 13.0 Å². The number of rotatable bonds is 4. The Balaban J connectivity index is 2.92. The first-order chi connectivity index (χ1) is 6.70. The minimum Gasteiger partial charge on any atom is -0.507 e. The normalized spacial score (nSPS) is 10.2. The molecule has 1 aromatic rings. The van der Waals surface area contributed by atoms with Crippen LogP contribution in [0.2, 0.25) is 0 Å². The summed E-state index contributed by atoms with van der Waals surface area (Å²) < 4.78 is 5.07. The summed E-state index contributed by atoms with van der Waals surface area (Å²) in [6, 6.07) is 3.62. The van der Waals surface area contributed by atoms with Gasteiger partial charge in [-0.15, -0.1) is 0 Å². The van der Waals surface area contributed by atoms with E-state index in [0.29, 0.717) is 12.3 Å². The fraction of sp³-hybridized carbons (Fsp3) is 0.400.